The summed E-state index contributed by atoms with van der Waals surface area (Å²) in [5.74, 6) is 0.721. The molecule has 6 heteroatoms. The quantitative estimate of drug-likeness (QED) is 0.901. The number of phenolic OH excluding ortho intramolecular Hbond substituents is 1. The highest BCUT2D eigenvalue weighted by Gasteiger charge is 2.36. The van der Waals surface area contributed by atoms with E-state index in [9.17, 15) is 5.11 Å². The number of nitrogens with two attached hydrogens (primary N) is 1. The minimum Gasteiger partial charge on any atom is -0.506 e. The Morgan fingerprint density at radius 3 is 2.83 bits per heavy atom. The maximum atomic E-state index is 10.4. The predicted molar refractivity (Wildman–Crippen MR) is 93.8 cm³/mol. The lowest BCUT2D eigenvalue weighted by atomic mass is 9.71. The number of anilines is 2. The van der Waals surface area contributed by atoms with Gasteiger partial charge < -0.3 is 15.7 Å². The zero-order valence-corrected chi connectivity index (χ0v) is 14.2. The Bertz CT molecular complexity index is 838. The van der Waals surface area contributed by atoms with E-state index in [0.717, 1.165) is 28.1 Å². The maximum Gasteiger partial charge on any atom is 0.139 e. The molecule has 1 aliphatic rings. The van der Waals surface area contributed by atoms with E-state index in [2.05, 4.69) is 29.9 Å². The van der Waals surface area contributed by atoms with Crippen molar-refractivity contribution in [3.05, 3.63) is 29.6 Å². The molecule has 0 bridgehead atoms. The van der Waals surface area contributed by atoms with Gasteiger partial charge in [-0.2, -0.15) is 5.26 Å². The van der Waals surface area contributed by atoms with Crippen LogP contribution in [-0.4, -0.2) is 28.7 Å². The number of phenols is 1. The van der Waals surface area contributed by atoms with E-state index in [1.807, 2.05) is 18.0 Å². The lowest BCUT2D eigenvalue weighted by Crippen LogP contribution is -2.30. The minimum absolute atomic E-state index is 0.218. The topological polar surface area (TPSA) is 99.1 Å². The smallest absolute Gasteiger partial charge is 0.139 e. The average molecular weight is 323 g/mol. The number of nitrogen functional groups attached to an aromatic ring is 1. The third kappa shape index (κ3) is 2.42. The first-order valence-corrected chi connectivity index (χ1v) is 7.91. The van der Waals surface area contributed by atoms with E-state index in [0.29, 0.717) is 25.2 Å². The Balaban J connectivity index is 2.24. The van der Waals surface area contributed by atoms with Crippen LogP contribution in [0.2, 0.25) is 0 Å². The van der Waals surface area contributed by atoms with Crippen LogP contribution < -0.4 is 10.6 Å². The second kappa shape index (κ2) is 5.68. The van der Waals surface area contributed by atoms with Gasteiger partial charge in [-0.15, -0.1) is 0 Å². The zero-order chi connectivity index (χ0) is 17.5. The summed E-state index contributed by atoms with van der Waals surface area (Å²) >= 11 is 0. The van der Waals surface area contributed by atoms with Crippen LogP contribution in [-0.2, 0) is 11.8 Å². The molecule has 1 heterocycles. The van der Waals surface area contributed by atoms with Gasteiger partial charge in [-0.25, -0.2) is 9.97 Å². The molecule has 0 radical (unpaired) electrons. The largest absolute Gasteiger partial charge is 0.506 e. The molecule has 6 nitrogen and oxygen atoms in total. The molecule has 2 aromatic rings. The standard InChI is InChI=1S/C18H21N5O/c1-18(2)9-12-11(15-14(18)17(20)22-10-21-15)5-6-13(24)16(12)23(3)8-4-7-19/h5-6,10,24H,4,8-9H2,1-3H3,(H2,20,21,22). The summed E-state index contributed by atoms with van der Waals surface area (Å²) < 4.78 is 0. The van der Waals surface area contributed by atoms with E-state index in [1.165, 1.54) is 6.33 Å². The molecule has 1 aromatic carbocycles. The highest BCUT2D eigenvalue weighted by atomic mass is 16.3. The van der Waals surface area contributed by atoms with Crippen molar-refractivity contribution in [2.75, 3.05) is 24.2 Å². The third-order valence-corrected chi connectivity index (χ3v) is 4.63. The molecule has 0 fully saturated rings. The van der Waals surface area contributed by atoms with Gasteiger partial charge in [0.25, 0.3) is 0 Å². The number of nitrogens with zero attached hydrogens (tertiary/aromatic N) is 4. The molecule has 0 spiro atoms. The number of hydrogen-bond donors (Lipinski definition) is 2. The number of aromatic hydroxyl groups is 1. The van der Waals surface area contributed by atoms with Gasteiger partial charge in [0.15, 0.2) is 0 Å². The maximum absolute atomic E-state index is 10.4. The Hall–Kier alpha value is -2.81. The first-order valence-electron chi connectivity index (χ1n) is 7.91. The normalized spacial score (nSPS) is 14.4. The van der Waals surface area contributed by atoms with Crippen LogP contribution in [0.5, 0.6) is 5.75 Å². The Kier molecular flexibility index (Phi) is 3.80. The first kappa shape index (κ1) is 16.1. The Morgan fingerprint density at radius 2 is 2.12 bits per heavy atom. The van der Waals surface area contributed by atoms with Gasteiger partial charge in [-0.1, -0.05) is 13.8 Å². The van der Waals surface area contributed by atoms with Crippen LogP contribution in [0, 0.1) is 11.3 Å². The van der Waals surface area contributed by atoms with Crippen LogP contribution >= 0.6 is 0 Å². The molecule has 0 amide bonds. The van der Waals surface area contributed by atoms with Crippen molar-refractivity contribution in [2.24, 2.45) is 0 Å². The van der Waals surface area contributed by atoms with Crippen LogP contribution in [0.15, 0.2) is 18.5 Å². The molecule has 24 heavy (non-hydrogen) atoms. The molecular formula is C18H21N5O. The van der Waals surface area contributed by atoms with E-state index in [4.69, 9.17) is 11.0 Å². The van der Waals surface area contributed by atoms with Gasteiger partial charge >= 0.3 is 0 Å². The van der Waals surface area contributed by atoms with Gasteiger partial charge in [-0.05, 0) is 29.5 Å². The van der Waals surface area contributed by atoms with Gasteiger partial charge in [0.1, 0.15) is 17.9 Å². The summed E-state index contributed by atoms with van der Waals surface area (Å²) in [5.41, 5.74) is 10.4. The highest BCUT2D eigenvalue weighted by molar-refractivity contribution is 5.82. The molecule has 124 valence electrons. The Labute approximate surface area is 141 Å². The second-order valence-corrected chi connectivity index (χ2v) is 6.83. The first-order chi connectivity index (χ1) is 11.4. The number of nitriles is 1. The summed E-state index contributed by atoms with van der Waals surface area (Å²) in [4.78, 5) is 10.5. The number of rotatable bonds is 3. The van der Waals surface area contributed by atoms with Crippen LogP contribution in [0.3, 0.4) is 0 Å². The van der Waals surface area contributed by atoms with Crippen LogP contribution in [0.1, 0.15) is 31.4 Å². The second-order valence-electron chi connectivity index (χ2n) is 6.83. The molecule has 3 rings (SSSR count). The predicted octanol–water partition coefficient (Wildman–Crippen LogP) is 2.61. The van der Waals surface area contributed by atoms with Gasteiger partial charge in [-0.3, -0.25) is 0 Å². The average Bonchev–Trinajstić information content (AvgIpc) is 2.51. The molecular weight excluding hydrogens is 302 g/mol. The van der Waals surface area contributed by atoms with E-state index >= 15 is 0 Å². The highest BCUT2D eigenvalue weighted by Crippen LogP contribution is 2.48. The Morgan fingerprint density at radius 1 is 1.38 bits per heavy atom. The van der Waals surface area contributed by atoms with Crippen LogP contribution in [0.4, 0.5) is 11.5 Å². The van der Waals surface area contributed by atoms with Crippen molar-refractivity contribution in [2.45, 2.75) is 32.1 Å². The molecule has 0 saturated heterocycles. The van der Waals surface area contributed by atoms with Gasteiger partial charge in [0.2, 0.25) is 0 Å². The lowest BCUT2D eigenvalue weighted by molar-refractivity contribution is 0.470. The van der Waals surface area contributed by atoms with Crippen molar-refractivity contribution in [3.8, 4) is 23.1 Å². The summed E-state index contributed by atoms with van der Waals surface area (Å²) in [7, 11) is 1.89. The van der Waals surface area contributed by atoms with E-state index < -0.39 is 0 Å². The zero-order valence-electron chi connectivity index (χ0n) is 14.2. The molecule has 0 atom stereocenters. The summed E-state index contributed by atoms with van der Waals surface area (Å²) in [6.45, 7) is 4.77. The fourth-order valence-corrected chi connectivity index (χ4v) is 3.58. The summed E-state index contributed by atoms with van der Waals surface area (Å²) in [6.07, 6.45) is 2.59. The molecule has 0 unspecified atom stereocenters. The number of aromatic nitrogens is 2. The van der Waals surface area contributed by atoms with Gasteiger partial charge in [0, 0.05) is 24.7 Å². The van der Waals surface area contributed by atoms with Crippen molar-refractivity contribution >= 4 is 11.5 Å². The van der Waals surface area contributed by atoms with Crippen LogP contribution in [0.25, 0.3) is 11.3 Å². The molecule has 0 aliphatic heterocycles. The van der Waals surface area contributed by atoms with E-state index in [-0.39, 0.29) is 11.2 Å². The van der Waals surface area contributed by atoms with Crippen molar-refractivity contribution in [1.82, 2.24) is 9.97 Å². The monoisotopic (exact) mass is 323 g/mol. The minimum atomic E-state index is -0.244. The summed E-state index contributed by atoms with van der Waals surface area (Å²) in [5, 5.41) is 19.3. The SMILES string of the molecule is CN(CCC#N)c1c(O)ccc2c1CC(C)(C)c1c(N)ncnc1-2. The summed E-state index contributed by atoms with van der Waals surface area (Å²) in [6, 6.07) is 5.71. The lowest BCUT2D eigenvalue weighted by Gasteiger charge is -2.36. The molecule has 0 saturated carbocycles. The molecule has 1 aliphatic carbocycles. The molecule has 1 aromatic heterocycles. The van der Waals surface area contributed by atoms with Gasteiger partial charge in [0.05, 0.1) is 23.9 Å². The number of fused-ring (bicyclic) bond motifs is 3. The third-order valence-electron chi connectivity index (χ3n) is 4.63. The number of hydrogen-bond acceptors (Lipinski definition) is 6. The van der Waals surface area contributed by atoms with E-state index in [1.54, 1.807) is 6.07 Å². The fraction of sp³-hybridized carbons (Fsp3) is 0.389. The van der Waals surface area contributed by atoms with Crippen molar-refractivity contribution < 1.29 is 5.11 Å². The fourth-order valence-electron chi connectivity index (χ4n) is 3.58. The van der Waals surface area contributed by atoms with Crippen molar-refractivity contribution in [3.63, 3.8) is 0 Å². The number of benzene rings is 1. The molecule has 3 N–H and O–H groups in total. The van der Waals surface area contributed by atoms with Crippen molar-refractivity contribution in [1.29, 1.82) is 5.26 Å².